The molecule has 29 heavy (non-hydrogen) atoms. The fraction of sp³-hybridized carbons (Fsp3) is 0.238. The van der Waals surface area contributed by atoms with Crippen molar-refractivity contribution in [1.29, 1.82) is 0 Å². The summed E-state index contributed by atoms with van der Waals surface area (Å²) >= 11 is 0. The highest BCUT2D eigenvalue weighted by Crippen LogP contribution is 2.23. The molecular formula is C21H23ClFN5O. The van der Waals surface area contributed by atoms with Gasteiger partial charge in [0.25, 0.3) is 0 Å². The molecule has 0 atom stereocenters. The maximum Gasteiger partial charge on any atom is 0.198 e. The Bertz CT molecular complexity index is 997. The van der Waals surface area contributed by atoms with Crippen molar-refractivity contribution in [1.82, 2.24) is 14.7 Å². The van der Waals surface area contributed by atoms with Gasteiger partial charge in [0, 0.05) is 37.4 Å². The SMILES string of the molecule is CN1CCN(c2cccc(C(=O)c3cnn(-c4ccc(F)cc4)c3N)c2)CC1.Cl. The minimum Gasteiger partial charge on any atom is -0.383 e. The van der Waals surface area contributed by atoms with Gasteiger partial charge in [0.15, 0.2) is 5.78 Å². The normalized spacial score (nSPS) is 14.5. The predicted molar refractivity (Wildman–Crippen MR) is 115 cm³/mol. The molecule has 6 nitrogen and oxygen atoms in total. The molecule has 0 aliphatic carbocycles. The summed E-state index contributed by atoms with van der Waals surface area (Å²) in [6.07, 6.45) is 1.46. The number of piperazine rings is 1. The number of halogens is 2. The zero-order chi connectivity index (χ0) is 19.7. The van der Waals surface area contributed by atoms with E-state index >= 15 is 0 Å². The first-order valence-corrected chi connectivity index (χ1v) is 9.20. The molecule has 1 aliphatic heterocycles. The monoisotopic (exact) mass is 415 g/mol. The lowest BCUT2D eigenvalue weighted by atomic mass is 10.0. The van der Waals surface area contributed by atoms with Gasteiger partial charge in [-0.3, -0.25) is 4.79 Å². The van der Waals surface area contributed by atoms with E-state index in [1.807, 2.05) is 18.2 Å². The number of ketones is 1. The molecule has 2 N–H and O–H groups in total. The number of aromatic nitrogens is 2. The summed E-state index contributed by atoms with van der Waals surface area (Å²) in [5, 5.41) is 4.22. The molecule has 0 saturated carbocycles. The van der Waals surface area contributed by atoms with Crippen molar-refractivity contribution in [3.63, 3.8) is 0 Å². The number of hydrogen-bond donors (Lipinski definition) is 1. The van der Waals surface area contributed by atoms with Gasteiger partial charge in [-0.1, -0.05) is 12.1 Å². The maximum atomic E-state index is 13.1. The third kappa shape index (κ3) is 4.26. The largest absolute Gasteiger partial charge is 0.383 e. The van der Waals surface area contributed by atoms with Gasteiger partial charge in [-0.25, -0.2) is 9.07 Å². The van der Waals surface area contributed by atoms with E-state index in [1.54, 1.807) is 18.2 Å². The Morgan fingerprint density at radius 2 is 1.72 bits per heavy atom. The minimum absolute atomic E-state index is 0. The van der Waals surface area contributed by atoms with Gasteiger partial charge in [-0.2, -0.15) is 5.10 Å². The van der Waals surface area contributed by atoms with Crippen LogP contribution in [-0.4, -0.2) is 53.7 Å². The van der Waals surface area contributed by atoms with E-state index in [9.17, 15) is 9.18 Å². The van der Waals surface area contributed by atoms with E-state index in [2.05, 4.69) is 21.9 Å². The van der Waals surface area contributed by atoms with Crippen LogP contribution < -0.4 is 10.6 Å². The molecule has 0 spiro atoms. The van der Waals surface area contributed by atoms with Gasteiger partial charge in [0.1, 0.15) is 11.6 Å². The summed E-state index contributed by atoms with van der Waals surface area (Å²) in [5.74, 6) is -0.282. The molecule has 2 heterocycles. The third-order valence-corrected chi connectivity index (χ3v) is 5.10. The van der Waals surface area contributed by atoms with Crippen LogP contribution in [0.1, 0.15) is 15.9 Å². The van der Waals surface area contributed by atoms with Crippen LogP contribution in [-0.2, 0) is 0 Å². The first-order chi connectivity index (χ1) is 13.5. The van der Waals surface area contributed by atoms with E-state index in [4.69, 9.17) is 5.73 Å². The predicted octanol–water partition coefficient (Wildman–Crippen LogP) is 3.00. The number of carbonyl (C=O) groups excluding carboxylic acids is 1. The van der Waals surface area contributed by atoms with Gasteiger partial charge < -0.3 is 15.5 Å². The number of likely N-dealkylation sites (N-methyl/N-ethyl adjacent to an activating group) is 1. The second-order valence-electron chi connectivity index (χ2n) is 7.00. The van der Waals surface area contributed by atoms with Crippen LogP contribution in [0.15, 0.2) is 54.7 Å². The average Bonchev–Trinajstić information content (AvgIpc) is 3.10. The molecule has 3 aromatic rings. The summed E-state index contributed by atoms with van der Waals surface area (Å²) in [5.41, 5.74) is 8.71. The lowest BCUT2D eigenvalue weighted by Gasteiger charge is -2.34. The number of nitrogens with two attached hydrogens (primary N) is 1. The van der Waals surface area contributed by atoms with Crippen molar-refractivity contribution in [2.45, 2.75) is 0 Å². The number of benzene rings is 2. The second kappa shape index (κ2) is 8.63. The van der Waals surface area contributed by atoms with Crippen molar-refractivity contribution < 1.29 is 9.18 Å². The van der Waals surface area contributed by atoms with Gasteiger partial charge in [0.05, 0.1) is 17.4 Å². The Morgan fingerprint density at radius 1 is 1.03 bits per heavy atom. The van der Waals surface area contributed by atoms with Crippen molar-refractivity contribution >= 4 is 29.7 Å². The number of rotatable bonds is 4. The smallest absolute Gasteiger partial charge is 0.198 e. The van der Waals surface area contributed by atoms with Crippen LogP contribution >= 0.6 is 12.4 Å². The van der Waals surface area contributed by atoms with Crippen LogP contribution in [0, 0.1) is 5.82 Å². The van der Waals surface area contributed by atoms with Gasteiger partial charge >= 0.3 is 0 Å². The van der Waals surface area contributed by atoms with Crippen molar-refractivity contribution in [3.8, 4) is 5.69 Å². The minimum atomic E-state index is -0.341. The van der Waals surface area contributed by atoms with Crippen LogP contribution in [0.4, 0.5) is 15.9 Å². The highest BCUT2D eigenvalue weighted by Gasteiger charge is 2.20. The molecule has 1 aliphatic rings. The quantitative estimate of drug-likeness (QED) is 0.663. The summed E-state index contributed by atoms with van der Waals surface area (Å²) in [7, 11) is 2.11. The number of carbonyl (C=O) groups is 1. The van der Waals surface area contributed by atoms with E-state index in [-0.39, 0.29) is 29.8 Å². The fourth-order valence-electron chi connectivity index (χ4n) is 3.38. The Balaban J connectivity index is 0.00000240. The Kier molecular flexibility index (Phi) is 6.20. The zero-order valence-electron chi connectivity index (χ0n) is 16.1. The summed E-state index contributed by atoms with van der Waals surface area (Å²) in [4.78, 5) is 17.6. The topological polar surface area (TPSA) is 67.4 Å². The molecule has 2 aromatic carbocycles. The Morgan fingerprint density at radius 3 is 2.41 bits per heavy atom. The van der Waals surface area contributed by atoms with Crippen LogP contribution in [0.5, 0.6) is 0 Å². The molecule has 1 saturated heterocycles. The second-order valence-corrected chi connectivity index (χ2v) is 7.00. The molecule has 0 radical (unpaired) electrons. The van der Waals surface area contributed by atoms with E-state index < -0.39 is 0 Å². The highest BCUT2D eigenvalue weighted by molar-refractivity contribution is 6.12. The number of nitrogen functional groups attached to an aromatic ring is 1. The Hall–Kier alpha value is -2.90. The molecule has 0 unspecified atom stereocenters. The first-order valence-electron chi connectivity index (χ1n) is 9.20. The molecule has 152 valence electrons. The average molecular weight is 416 g/mol. The molecule has 4 rings (SSSR count). The third-order valence-electron chi connectivity index (χ3n) is 5.10. The number of nitrogens with zero attached hydrogens (tertiary/aromatic N) is 4. The maximum absolute atomic E-state index is 13.1. The molecule has 0 bridgehead atoms. The standard InChI is InChI=1S/C21H22FN5O.ClH/c1-25-9-11-26(12-10-25)18-4-2-3-15(13-18)20(28)19-14-24-27(21(19)23)17-7-5-16(22)6-8-17;/h2-8,13-14H,9-12,23H2,1H3;1H. The summed E-state index contributed by atoms with van der Waals surface area (Å²) in [6.45, 7) is 3.85. The van der Waals surface area contributed by atoms with E-state index in [1.165, 1.54) is 23.0 Å². The molecule has 1 aromatic heterocycles. The van der Waals surface area contributed by atoms with Gasteiger partial charge in [-0.15, -0.1) is 12.4 Å². The van der Waals surface area contributed by atoms with E-state index in [0.29, 0.717) is 16.8 Å². The number of anilines is 2. The molecular weight excluding hydrogens is 393 g/mol. The zero-order valence-corrected chi connectivity index (χ0v) is 16.9. The van der Waals surface area contributed by atoms with Crippen LogP contribution in [0.2, 0.25) is 0 Å². The Labute approximate surface area is 175 Å². The molecule has 8 heteroatoms. The summed E-state index contributed by atoms with van der Waals surface area (Å²) < 4.78 is 14.6. The lowest BCUT2D eigenvalue weighted by Crippen LogP contribution is -2.44. The highest BCUT2D eigenvalue weighted by atomic mass is 35.5. The molecule has 1 fully saturated rings. The fourth-order valence-corrected chi connectivity index (χ4v) is 3.38. The van der Waals surface area contributed by atoms with Gasteiger partial charge in [0.2, 0.25) is 0 Å². The van der Waals surface area contributed by atoms with E-state index in [0.717, 1.165) is 31.9 Å². The van der Waals surface area contributed by atoms with Crippen molar-refractivity contribution in [2.24, 2.45) is 0 Å². The lowest BCUT2D eigenvalue weighted by molar-refractivity contribution is 0.103. The van der Waals surface area contributed by atoms with Crippen molar-refractivity contribution in [2.75, 3.05) is 43.9 Å². The first kappa shape index (κ1) is 20.8. The van der Waals surface area contributed by atoms with Crippen LogP contribution in [0.25, 0.3) is 5.69 Å². The molecule has 0 amide bonds. The van der Waals surface area contributed by atoms with Crippen LogP contribution in [0.3, 0.4) is 0 Å². The number of hydrogen-bond acceptors (Lipinski definition) is 5. The summed E-state index contributed by atoms with van der Waals surface area (Å²) in [6, 6.07) is 13.4. The van der Waals surface area contributed by atoms with Gasteiger partial charge in [-0.05, 0) is 43.4 Å². The van der Waals surface area contributed by atoms with Crippen molar-refractivity contribution in [3.05, 3.63) is 71.7 Å².